The van der Waals surface area contributed by atoms with Crippen LogP contribution >= 0.6 is 11.6 Å². The number of amides is 3. The van der Waals surface area contributed by atoms with E-state index in [4.69, 9.17) is 11.6 Å². The van der Waals surface area contributed by atoms with E-state index in [0.717, 1.165) is 11.6 Å². The maximum atomic E-state index is 14.1. The molecule has 0 radical (unpaired) electrons. The van der Waals surface area contributed by atoms with Crippen LogP contribution in [0.4, 0.5) is 8.78 Å². The summed E-state index contributed by atoms with van der Waals surface area (Å²) in [5, 5.41) is 6.18. The minimum atomic E-state index is -0.998. The second-order valence-electron chi connectivity index (χ2n) is 8.76. The molecule has 9 heteroatoms. The van der Waals surface area contributed by atoms with Crippen molar-refractivity contribution in [3.63, 3.8) is 0 Å². The fourth-order valence-electron chi connectivity index (χ4n) is 3.96. The Morgan fingerprint density at radius 2 is 1.85 bits per heavy atom. The van der Waals surface area contributed by atoms with Gasteiger partial charge in [-0.1, -0.05) is 49.7 Å². The van der Waals surface area contributed by atoms with Crippen molar-refractivity contribution in [3.8, 4) is 0 Å². The van der Waals surface area contributed by atoms with E-state index in [-0.39, 0.29) is 48.6 Å². The first kappa shape index (κ1) is 25.6. The summed E-state index contributed by atoms with van der Waals surface area (Å²) >= 11 is 5.88. The summed E-state index contributed by atoms with van der Waals surface area (Å²) in [5.41, 5.74) is 0.929. The van der Waals surface area contributed by atoms with Crippen molar-refractivity contribution in [3.05, 3.63) is 70.2 Å². The Bertz CT molecular complexity index is 1050. The molecule has 1 unspecified atom stereocenters. The Balaban J connectivity index is 1.59. The van der Waals surface area contributed by atoms with E-state index in [2.05, 4.69) is 10.6 Å². The van der Waals surface area contributed by atoms with Crippen molar-refractivity contribution < 1.29 is 23.2 Å². The van der Waals surface area contributed by atoms with Gasteiger partial charge in [-0.15, -0.1) is 0 Å². The van der Waals surface area contributed by atoms with Crippen LogP contribution in [0, 0.1) is 17.6 Å². The van der Waals surface area contributed by atoms with Gasteiger partial charge in [0.15, 0.2) is 11.6 Å². The average Bonchev–Trinajstić information content (AvgIpc) is 3.13. The molecule has 3 amide bonds. The van der Waals surface area contributed by atoms with Gasteiger partial charge in [0.1, 0.15) is 6.04 Å². The summed E-state index contributed by atoms with van der Waals surface area (Å²) in [6.07, 6.45) is 0.624. The number of hydrogen-bond donors (Lipinski definition) is 2. The first-order valence-corrected chi connectivity index (χ1v) is 11.6. The minimum absolute atomic E-state index is 0.0314. The minimum Gasteiger partial charge on any atom is -0.350 e. The number of benzene rings is 2. The Morgan fingerprint density at radius 3 is 2.53 bits per heavy atom. The molecule has 1 heterocycles. The van der Waals surface area contributed by atoms with Crippen LogP contribution < -0.4 is 10.6 Å². The molecule has 0 aromatic heterocycles. The Morgan fingerprint density at radius 1 is 1.15 bits per heavy atom. The third kappa shape index (κ3) is 6.53. The van der Waals surface area contributed by atoms with Gasteiger partial charge in [0.25, 0.3) is 0 Å². The van der Waals surface area contributed by atoms with Crippen LogP contribution in [-0.4, -0.2) is 34.7 Å². The quantitative estimate of drug-likeness (QED) is 0.557. The lowest BCUT2D eigenvalue weighted by molar-refractivity contribution is -0.132. The molecule has 0 saturated carbocycles. The number of likely N-dealkylation sites (tertiary alicyclic amines) is 1. The standard InChI is InChI=1S/C25H28ClF2N3O3/c1-15(2)24(25(34)29-13-16-6-8-18(26)9-7-16)30-21(32)12-19-10-11-22(33)31(19)14-17-4-3-5-20(27)23(17)28/h3-9,15,19,24H,10-14H2,1-2H3,(H,29,34)(H,30,32)/t19-,24?/m0/s1. The Kier molecular flexibility index (Phi) is 8.61. The Hall–Kier alpha value is -3.00. The third-order valence-electron chi connectivity index (χ3n) is 5.89. The number of halogens is 3. The zero-order valence-electron chi connectivity index (χ0n) is 19.1. The van der Waals surface area contributed by atoms with Crippen molar-refractivity contribution >= 4 is 29.3 Å². The summed E-state index contributed by atoms with van der Waals surface area (Å²) in [7, 11) is 0. The van der Waals surface area contributed by atoms with E-state index in [1.807, 2.05) is 13.8 Å². The molecule has 2 aromatic rings. The van der Waals surface area contributed by atoms with Gasteiger partial charge in [-0.3, -0.25) is 14.4 Å². The monoisotopic (exact) mass is 491 g/mol. The van der Waals surface area contributed by atoms with Gasteiger partial charge in [-0.25, -0.2) is 8.78 Å². The molecule has 0 bridgehead atoms. The molecule has 0 spiro atoms. The molecule has 2 aromatic carbocycles. The number of nitrogens with zero attached hydrogens (tertiary/aromatic N) is 1. The van der Waals surface area contributed by atoms with Gasteiger partial charge in [-0.2, -0.15) is 0 Å². The fourth-order valence-corrected chi connectivity index (χ4v) is 4.09. The van der Waals surface area contributed by atoms with Crippen molar-refractivity contribution in [2.24, 2.45) is 5.92 Å². The second-order valence-corrected chi connectivity index (χ2v) is 9.20. The SMILES string of the molecule is CC(C)C(NC(=O)C[C@@H]1CCC(=O)N1Cc1cccc(F)c1F)C(=O)NCc1ccc(Cl)cc1. The summed E-state index contributed by atoms with van der Waals surface area (Å²) in [5.74, 6) is -3.07. The molecular formula is C25H28ClF2N3O3. The van der Waals surface area contributed by atoms with Gasteiger partial charge in [0, 0.05) is 42.6 Å². The smallest absolute Gasteiger partial charge is 0.243 e. The summed E-state index contributed by atoms with van der Waals surface area (Å²) in [4.78, 5) is 39.3. The van der Waals surface area contributed by atoms with Gasteiger partial charge in [-0.05, 0) is 36.1 Å². The highest BCUT2D eigenvalue weighted by molar-refractivity contribution is 6.30. The molecule has 1 fully saturated rings. The van der Waals surface area contributed by atoms with Gasteiger partial charge in [0.2, 0.25) is 17.7 Å². The zero-order chi connectivity index (χ0) is 24.8. The predicted molar refractivity (Wildman–Crippen MR) is 125 cm³/mol. The lowest BCUT2D eigenvalue weighted by Crippen LogP contribution is -2.50. The topological polar surface area (TPSA) is 78.5 Å². The van der Waals surface area contributed by atoms with Crippen LogP contribution in [-0.2, 0) is 27.5 Å². The van der Waals surface area contributed by atoms with E-state index in [9.17, 15) is 23.2 Å². The largest absolute Gasteiger partial charge is 0.350 e. The molecule has 1 aliphatic heterocycles. The first-order valence-electron chi connectivity index (χ1n) is 11.2. The van der Waals surface area contributed by atoms with Crippen LogP contribution in [0.25, 0.3) is 0 Å². The van der Waals surface area contributed by atoms with Crippen LogP contribution in [0.3, 0.4) is 0 Å². The highest BCUT2D eigenvalue weighted by Gasteiger charge is 2.34. The van der Waals surface area contributed by atoms with E-state index in [1.54, 1.807) is 24.3 Å². The molecule has 6 nitrogen and oxygen atoms in total. The fraction of sp³-hybridized carbons (Fsp3) is 0.400. The number of carbonyl (C=O) groups is 3. The predicted octanol–water partition coefficient (Wildman–Crippen LogP) is 3.96. The first-order chi connectivity index (χ1) is 16.2. The summed E-state index contributed by atoms with van der Waals surface area (Å²) < 4.78 is 27.6. The maximum absolute atomic E-state index is 14.1. The van der Waals surface area contributed by atoms with Crippen molar-refractivity contribution in [1.82, 2.24) is 15.5 Å². The van der Waals surface area contributed by atoms with Crippen molar-refractivity contribution in [2.75, 3.05) is 0 Å². The zero-order valence-corrected chi connectivity index (χ0v) is 19.9. The van der Waals surface area contributed by atoms with E-state index >= 15 is 0 Å². The molecule has 1 aliphatic rings. The van der Waals surface area contributed by atoms with Gasteiger partial charge in [0.05, 0.1) is 0 Å². The summed E-state index contributed by atoms with van der Waals surface area (Å²) in [6, 6.07) is 9.67. The Labute approximate surface area is 202 Å². The van der Waals surface area contributed by atoms with E-state index in [0.29, 0.717) is 18.0 Å². The second kappa shape index (κ2) is 11.4. The lowest BCUT2D eigenvalue weighted by Gasteiger charge is -2.27. The normalized spacial score (nSPS) is 16.6. The molecular weight excluding hydrogens is 464 g/mol. The molecule has 34 heavy (non-hydrogen) atoms. The van der Waals surface area contributed by atoms with Crippen LogP contribution in [0.2, 0.25) is 5.02 Å². The number of hydrogen-bond acceptors (Lipinski definition) is 3. The van der Waals surface area contributed by atoms with E-state index in [1.165, 1.54) is 17.0 Å². The highest BCUT2D eigenvalue weighted by Crippen LogP contribution is 2.25. The molecule has 2 N–H and O–H groups in total. The van der Waals surface area contributed by atoms with Gasteiger partial charge < -0.3 is 15.5 Å². The molecule has 2 atom stereocenters. The average molecular weight is 492 g/mol. The third-order valence-corrected chi connectivity index (χ3v) is 6.14. The van der Waals surface area contributed by atoms with Crippen molar-refractivity contribution in [2.45, 2.75) is 58.3 Å². The van der Waals surface area contributed by atoms with E-state index < -0.39 is 23.7 Å². The number of nitrogens with one attached hydrogen (secondary N) is 2. The van der Waals surface area contributed by atoms with Crippen LogP contribution in [0.15, 0.2) is 42.5 Å². The molecule has 3 rings (SSSR count). The number of carbonyl (C=O) groups excluding carboxylic acids is 3. The molecule has 0 aliphatic carbocycles. The lowest BCUT2D eigenvalue weighted by atomic mass is 10.0. The maximum Gasteiger partial charge on any atom is 0.243 e. The number of rotatable bonds is 9. The van der Waals surface area contributed by atoms with Crippen LogP contribution in [0.5, 0.6) is 0 Å². The van der Waals surface area contributed by atoms with Crippen molar-refractivity contribution in [1.29, 1.82) is 0 Å². The molecule has 1 saturated heterocycles. The highest BCUT2D eigenvalue weighted by atomic mass is 35.5. The van der Waals surface area contributed by atoms with Gasteiger partial charge >= 0.3 is 0 Å². The van der Waals surface area contributed by atoms with Crippen LogP contribution in [0.1, 0.15) is 44.2 Å². The molecule has 182 valence electrons. The summed E-state index contributed by atoms with van der Waals surface area (Å²) in [6.45, 7) is 3.82.